The Kier molecular flexibility index (Phi) is 3.86. The summed E-state index contributed by atoms with van der Waals surface area (Å²) in [6.45, 7) is 0.699. The van der Waals surface area contributed by atoms with Crippen LogP contribution in [0.5, 0.6) is 0 Å². The standard InChI is InChI=1S/C9H11Cl2N/c10-8-4-7(2-1-3-12)5-9(11)6-8/h4-6H,1-3,12H2. The Morgan fingerprint density at radius 2 is 1.67 bits per heavy atom. The van der Waals surface area contributed by atoms with E-state index in [2.05, 4.69) is 0 Å². The molecule has 0 amide bonds. The van der Waals surface area contributed by atoms with E-state index in [9.17, 15) is 0 Å². The second kappa shape index (κ2) is 4.70. The SMILES string of the molecule is NCCCc1cc(Cl)cc(Cl)c1. The molecule has 0 heterocycles. The topological polar surface area (TPSA) is 26.0 Å². The van der Waals surface area contributed by atoms with Gasteiger partial charge in [-0.2, -0.15) is 0 Å². The van der Waals surface area contributed by atoms with Crippen molar-refractivity contribution in [1.29, 1.82) is 0 Å². The van der Waals surface area contributed by atoms with Crippen molar-refractivity contribution in [3.8, 4) is 0 Å². The average molecular weight is 204 g/mol. The number of nitrogens with two attached hydrogens (primary N) is 1. The van der Waals surface area contributed by atoms with Crippen molar-refractivity contribution in [2.45, 2.75) is 12.8 Å². The molecular formula is C9H11Cl2N. The Balaban J connectivity index is 2.72. The number of aryl methyl sites for hydroxylation is 1. The minimum atomic E-state index is 0.689. The molecule has 2 N–H and O–H groups in total. The quantitative estimate of drug-likeness (QED) is 0.804. The molecule has 1 nitrogen and oxygen atoms in total. The van der Waals surface area contributed by atoms with Crippen LogP contribution in [0.15, 0.2) is 18.2 Å². The van der Waals surface area contributed by atoms with Gasteiger partial charge in [-0.15, -0.1) is 0 Å². The molecule has 0 aromatic heterocycles. The first-order valence-corrected chi connectivity index (χ1v) is 4.63. The molecular weight excluding hydrogens is 193 g/mol. The molecule has 0 unspecified atom stereocenters. The molecule has 1 aromatic carbocycles. The number of rotatable bonds is 3. The molecule has 0 aliphatic heterocycles. The summed E-state index contributed by atoms with van der Waals surface area (Å²) >= 11 is 11.6. The van der Waals surface area contributed by atoms with Gasteiger partial charge < -0.3 is 5.73 Å². The van der Waals surface area contributed by atoms with Crippen LogP contribution in [-0.4, -0.2) is 6.54 Å². The zero-order valence-electron chi connectivity index (χ0n) is 6.69. The first-order valence-electron chi connectivity index (χ1n) is 3.87. The molecule has 0 saturated carbocycles. The van der Waals surface area contributed by atoms with E-state index in [1.54, 1.807) is 6.07 Å². The monoisotopic (exact) mass is 203 g/mol. The highest BCUT2D eigenvalue weighted by Crippen LogP contribution is 2.19. The van der Waals surface area contributed by atoms with Gasteiger partial charge in [0.05, 0.1) is 0 Å². The molecule has 1 aromatic rings. The third-order valence-corrected chi connectivity index (χ3v) is 2.03. The molecule has 0 spiro atoms. The normalized spacial score (nSPS) is 10.2. The second-order valence-corrected chi connectivity index (χ2v) is 3.54. The molecule has 0 aliphatic rings. The van der Waals surface area contributed by atoms with E-state index < -0.39 is 0 Å². The van der Waals surface area contributed by atoms with Gasteiger partial charge in [0.2, 0.25) is 0 Å². The lowest BCUT2D eigenvalue weighted by Crippen LogP contribution is -2.00. The van der Waals surface area contributed by atoms with Crippen molar-refractivity contribution in [2.24, 2.45) is 5.73 Å². The number of halogens is 2. The summed E-state index contributed by atoms with van der Waals surface area (Å²) in [7, 11) is 0. The molecule has 3 heteroatoms. The van der Waals surface area contributed by atoms with E-state index in [0.717, 1.165) is 18.4 Å². The second-order valence-electron chi connectivity index (χ2n) is 2.67. The van der Waals surface area contributed by atoms with E-state index >= 15 is 0 Å². The number of hydrogen-bond acceptors (Lipinski definition) is 1. The van der Waals surface area contributed by atoms with Crippen LogP contribution in [0, 0.1) is 0 Å². The van der Waals surface area contributed by atoms with Crippen molar-refractivity contribution in [1.82, 2.24) is 0 Å². The minimum Gasteiger partial charge on any atom is -0.330 e. The summed E-state index contributed by atoms with van der Waals surface area (Å²) in [5, 5.41) is 1.38. The zero-order chi connectivity index (χ0) is 8.97. The third kappa shape index (κ3) is 3.02. The highest BCUT2D eigenvalue weighted by atomic mass is 35.5. The molecule has 0 atom stereocenters. The summed E-state index contributed by atoms with van der Waals surface area (Å²) in [4.78, 5) is 0. The lowest BCUT2D eigenvalue weighted by molar-refractivity contribution is 0.833. The van der Waals surface area contributed by atoms with E-state index in [-0.39, 0.29) is 0 Å². The first kappa shape index (κ1) is 9.85. The molecule has 1 rings (SSSR count). The van der Waals surface area contributed by atoms with Crippen molar-refractivity contribution in [3.63, 3.8) is 0 Å². The summed E-state index contributed by atoms with van der Waals surface area (Å²) in [5.74, 6) is 0. The Morgan fingerprint density at radius 3 is 2.17 bits per heavy atom. The van der Waals surface area contributed by atoms with Gasteiger partial charge in [-0.3, -0.25) is 0 Å². The van der Waals surface area contributed by atoms with Gasteiger partial charge in [0.25, 0.3) is 0 Å². The van der Waals surface area contributed by atoms with Gasteiger partial charge in [0.1, 0.15) is 0 Å². The van der Waals surface area contributed by atoms with Gasteiger partial charge >= 0.3 is 0 Å². The predicted octanol–water partition coefficient (Wildman–Crippen LogP) is 2.88. The average Bonchev–Trinajstić information content (AvgIpc) is 1.99. The van der Waals surface area contributed by atoms with Gasteiger partial charge in [-0.05, 0) is 43.1 Å². The third-order valence-electron chi connectivity index (χ3n) is 1.59. The highest BCUT2D eigenvalue weighted by molar-refractivity contribution is 6.34. The van der Waals surface area contributed by atoms with Crippen LogP contribution in [0.25, 0.3) is 0 Å². The van der Waals surface area contributed by atoms with Gasteiger partial charge in [-0.25, -0.2) is 0 Å². The Labute approximate surface area is 82.5 Å². The Morgan fingerprint density at radius 1 is 1.08 bits per heavy atom. The Hall–Kier alpha value is -0.240. The fourth-order valence-corrected chi connectivity index (χ4v) is 1.63. The molecule has 0 aliphatic carbocycles. The summed E-state index contributed by atoms with van der Waals surface area (Å²) < 4.78 is 0. The first-order chi connectivity index (χ1) is 5.72. The number of hydrogen-bond donors (Lipinski definition) is 1. The lowest BCUT2D eigenvalue weighted by Gasteiger charge is -2.01. The van der Waals surface area contributed by atoms with E-state index in [1.165, 1.54) is 0 Å². The molecule has 0 radical (unpaired) electrons. The van der Waals surface area contributed by atoms with Gasteiger partial charge in [0, 0.05) is 10.0 Å². The van der Waals surface area contributed by atoms with Crippen LogP contribution in [-0.2, 0) is 6.42 Å². The smallest absolute Gasteiger partial charge is 0.0423 e. The van der Waals surface area contributed by atoms with E-state index in [0.29, 0.717) is 16.6 Å². The molecule has 12 heavy (non-hydrogen) atoms. The van der Waals surface area contributed by atoms with Crippen LogP contribution < -0.4 is 5.73 Å². The van der Waals surface area contributed by atoms with E-state index in [1.807, 2.05) is 12.1 Å². The van der Waals surface area contributed by atoms with E-state index in [4.69, 9.17) is 28.9 Å². The van der Waals surface area contributed by atoms with Crippen molar-refractivity contribution < 1.29 is 0 Å². The van der Waals surface area contributed by atoms with Gasteiger partial charge in [-0.1, -0.05) is 23.2 Å². The zero-order valence-corrected chi connectivity index (χ0v) is 8.20. The van der Waals surface area contributed by atoms with Crippen LogP contribution in [0.1, 0.15) is 12.0 Å². The summed E-state index contributed by atoms with van der Waals surface area (Å²) in [6, 6.07) is 5.57. The molecule has 0 fully saturated rings. The van der Waals surface area contributed by atoms with Crippen LogP contribution in [0.4, 0.5) is 0 Å². The fraction of sp³-hybridized carbons (Fsp3) is 0.333. The maximum absolute atomic E-state index is 5.81. The summed E-state index contributed by atoms with van der Waals surface area (Å²) in [6.07, 6.45) is 1.91. The lowest BCUT2D eigenvalue weighted by atomic mass is 10.1. The minimum absolute atomic E-state index is 0.689. The summed E-state index contributed by atoms with van der Waals surface area (Å²) in [5.41, 5.74) is 6.54. The van der Waals surface area contributed by atoms with Crippen molar-refractivity contribution in [3.05, 3.63) is 33.8 Å². The van der Waals surface area contributed by atoms with Crippen LogP contribution >= 0.6 is 23.2 Å². The predicted molar refractivity (Wildman–Crippen MR) is 53.8 cm³/mol. The highest BCUT2D eigenvalue weighted by Gasteiger charge is 1.97. The van der Waals surface area contributed by atoms with Crippen LogP contribution in [0.2, 0.25) is 10.0 Å². The molecule has 0 saturated heterocycles. The molecule has 0 bridgehead atoms. The number of benzene rings is 1. The van der Waals surface area contributed by atoms with Gasteiger partial charge in [0.15, 0.2) is 0 Å². The van der Waals surface area contributed by atoms with Crippen molar-refractivity contribution >= 4 is 23.2 Å². The fourth-order valence-electron chi connectivity index (χ4n) is 1.06. The maximum Gasteiger partial charge on any atom is 0.0423 e. The van der Waals surface area contributed by atoms with Crippen molar-refractivity contribution in [2.75, 3.05) is 6.54 Å². The maximum atomic E-state index is 5.81. The Bertz CT molecular complexity index is 240. The largest absolute Gasteiger partial charge is 0.330 e. The van der Waals surface area contributed by atoms with Crippen LogP contribution in [0.3, 0.4) is 0 Å². The molecule has 66 valence electrons.